The molecular formula is C27H23F2NO4. The predicted octanol–water partition coefficient (Wildman–Crippen LogP) is 5.21. The van der Waals surface area contributed by atoms with E-state index in [4.69, 9.17) is 4.74 Å². The molecule has 7 heteroatoms. The van der Waals surface area contributed by atoms with Gasteiger partial charge in [0.05, 0.1) is 18.7 Å². The number of aryl methyl sites for hydroxylation is 2. The van der Waals surface area contributed by atoms with Gasteiger partial charge in [-0.2, -0.15) is 0 Å². The molecule has 0 saturated carbocycles. The van der Waals surface area contributed by atoms with Crippen molar-refractivity contribution in [3.8, 4) is 5.75 Å². The second kappa shape index (κ2) is 9.09. The number of hydrogen-bond donors (Lipinski definition) is 1. The Hall–Kier alpha value is -4.00. The number of aliphatic hydroxyl groups is 1. The summed E-state index contributed by atoms with van der Waals surface area (Å²) in [6.45, 7) is 3.46. The van der Waals surface area contributed by atoms with Crippen molar-refractivity contribution in [2.75, 3.05) is 7.11 Å². The fourth-order valence-electron chi connectivity index (χ4n) is 4.26. The number of aliphatic hydroxyl groups excluding tert-OH is 1. The van der Waals surface area contributed by atoms with Gasteiger partial charge < -0.3 is 14.7 Å². The Morgan fingerprint density at radius 3 is 2.32 bits per heavy atom. The Labute approximate surface area is 195 Å². The summed E-state index contributed by atoms with van der Waals surface area (Å²) in [5.74, 6) is -2.63. The largest absolute Gasteiger partial charge is 0.507 e. The number of carbonyl (C=O) groups is 2. The molecule has 1 amide bonds. The van der Waals surface area contributed by atoms with Crippen molar-refractivity contribution >= 4 is 17.4 Å². The Balaban J connectivity index is 1.91. The van der Waals surface area contributed by atoms with Gasteiger partial charge in [0.2, 0.25) is 0 Å². The molecule has 1 aliphatic rings. The maximum atomic E-state index is 14.9. The van der Waals surface area contributed by atoms with Crippen LogP contribution in [0.1, 0.15) is 33.9 Å². The minimum Gasteiger partial charge on any atom is -0.507 e. The highest BCUT2D eigenvalue weighted by Crippen LogP contribution is 2.42. The van der Waals surface area contributed by atoms with Gasteiger partial charge in [0.25, 0.3) is 11.7 Å². The van der Waals surface area contributed by atoms with Gasteiger partial charge in [0.1, 0.15) is 23.1 Å². The maximum Gasteiger partial charge on any atom is 0.295 e. The van der Waals surface area contributed by atoms with Crippen molar-refractivity contribution in [1.29, 1.82) is 0 Å². The smallest absolute Gasteiger partial charge is 0.295 e. The van der Waals surface area contributed by atoms with Crippen LogP contribution in [0.25, 0.3) is 5.76 Å². The van der Waals surface area contributed by atoms with Gasteiger partial charge in [-0.3, -0.25) is 9.59 Å². The number of benzene rings is 3. The van der Waals surface area contributed by atoms with Crippen LogP contribution in [-0.4, -0.2) is 28.8 Å². The standard InChI is InChI=1S/C27H23F2NO4/c1-15-13-22(34-3)16(2)12-20(15)25(31)23-24(19-6-4-5-7-21(19)29)30(27(33)26(23)32)14-17-8-10-18(28)11-9-17/h4-13,24,31H,14H2,1-3H3/b25-23+. The van der Waals surface area contributed by atoms with E-state index in [2.05, 4.69) is 0 Å². The highest BCUT2D eigenvalue weighted by atomic mass is 19.1. The van der Waals surface area contributed by atoms with E-state index in [1.807, 2.05) is 0 Å². The van der Waals surface area contributed by atoms with Crippen LogP contribution in [0.4, 0.5) is 8.78 Å². The fraction of sp³-hybridized carbons (Fsp3) is 0.185. The van der Waals surface area contributed by atoms with Gasteiger partial charge in [-0.25, -0.2) is 8.78 Å². The van der Waals surface area contributed by atoms with Crippen LogP contribution in [0, 0.1) is 25.5 Å². The number of likely N-dealkylation sites (tertiary alicyclic amines) is 1. The molecule has 0 aliphatic carbocycles. The summed E-state index contributed by atoms with van der Waals surface area (Å²) in [6, 6.07) is 13.5. The van der Waals surface area contributed by atoms with Crippen molar-refractivity contribution in [2.24, 2.45) is 0 Å². The van der Waals surface area contributed by atoms with Crippen LogP contribution >= 0.6 is 0 Å². The van der Waals surface area contributed by atoms with Crippen LogP contribution in [0.2, 0.25) is 0 Å². The van der Waals surface area contributed by atoms with Crippen LogP contribution in [0.15, 0.2) is 66.2 Å². The summed E-state index contributed by atoms with van der Waals surface area (Å²) < 4.78 is 33.6. The fourth-order valence-corrected chi connectivity index (χ4v) is 4.26. The summed E-state index contributed by atoms with van der Waals surface area (Å²) in [6.07, 6.45) is 0. The Morgan fingerprint density at radius 1 is 1.00 bits per heavy atom. The molecule has 34 heavy (non-hydrogen) atoms. The molecule has 0 spiro atoms. The molecule has 1 heterocycles. The molecule has 5 nitrogen and oxygen atoms in total. The summed E-state index contributed by atoms with van der Waals surface area (Å²) in [5.41, 5.74) is 2.12. The maximum absolute atomic E-state index is 14.9. The van der Waals surface area contributed by atoms with E-state index in [-0.39, 0.29) is 17.7 Å². The van der Waals surface area contributed by atoms with Crippen LogP contribution in [-0.2, 0) is 16.1 Å². The van der Waals surface area contributed by atoms with Crippen molar-refractivity contribution in [2.45, 2.75) is 26.4 Å². The number of ketones is 1. The van der Waals surface area contributed by atoms with E-state index in [0.29, 0.717) is 22.4 Å². The third kappa shape index (κ3) is 4.05. The van der Waals surface area contributed by atoms with E-state index in [1.54, 1.807) is 32.0 Å². The number of hydrogen-bond acceptors (Lipinski definition) is 4. The molecule has 3 aromatic rings. The molecule has 4 rings (SSSR count). The van der Waals surface area contributed by atoms with Gasteiger partial charge in [-0.05, 0) is 60.9 Å². The first-order valence-corrected chi connectivity index (χ1v) is 10.7. The molecule has 0 bridgehead atoms. The zero-order valence-corrected chi connectivity index (χ0v) is 18.9. The highest BCUT2D eigenvalue weighted by molar-refractivity contribution is 6.46. The van der Waals surface area contributed by atoms with Gasteiger partial charge in [0, 0.05) is 17.7 Å². The molecule has 1 atom stereocenters. The molecule has 1 aliphatic heterocycles. The number of carbonyl (C=O) groups excluding carboxylic acids is 2. The molecule has 0 aromatic heterocycles. The number of nitrogens with zero attached hydrogens (tertiary/aromatic N) is 1. The molecule has 1 unspecified atom stereocenters. The zero-order valence-electron chi connectivity index (χ0n) is 18.9. The molecule has 1 saturated heterocycles. The van der Waals surface area contributed by atoms with Crippen molar-refractivity contribution in [3.05, 3.63) is 106 Å². The number of ether oxygens (including phenoxy) is 1. The van der Waals surface area contributed by atoms with Crippen molar-refractivity contribution in [1.82, 2.24) is 4.90 Å². The molecule has 0 radical (unpaired) electrons. The summed E-state index contributed by atoms with van der Waals surface area (Å²) in [7, 11) is 1.53. The number of Topliss-reactive ketones (excluding diaryl/α,β-unsaturated/α-hetero) is 1. The first-order chi connectivity index (χ1) is 16.2. The molecular weight excluding hydrogens is 440 g/mol. The van der Waals surface area contributed by atoms with E-state index < -0.39 is 35.1 Å². The summed E-state index contributed by atoms with van der Waals surface area (Å²) in [4.78, 5) is 27.5. The number of halogens is 2. The first kappa shape index (κ1) is 23.2. The van der Waals surface area contributed by atoms with Crippen LogP contribution in [0.5, 0.6) is 5.75 Å². The number of rotatable bonds is 5. The second-order valence-corrected chi connectivity index (χ2v) is 8.21. The average molecular weight is 463 g/mol. The number of amides is 1. The SMILES string of the molecule is COc1cc(C)c(/C(O)=C2\C(=O)C(=O)N(Cc3ccc(F)cc3)C2c2ccccc2F)cc1C. The van der Waals surface area contributed by atoms with Crippen LogP contribution in [0.3, 0.4) is 0 Å². The van der Waals surface area contributed by atoms with E-state index >= 15 is 0 Å². The number of methoxy groups -OCH3 is 1. The minimum atomic E-state index is -1.16. The molecule has 1 N–H and O–H groups in total. The van der Waals surface area contributed by atoms with Gasteiger partial charge >= 0.3 is 0 Å². The third-order valence-corrected chi connectivity index (χ3v) is 6.00. The Morgan fingerprint density at radius 2 is 1.68 bits per heavy atom. The lowest BCUT2D eigenvalue weighted by molar-refractivity contribution is -0.140. The Bertz CT molecular complexity index is 1310. The van der Waals surface area contributed by atoms with Gasteiger partial charge in [-0.15, -0.1) is 0 Å². The normalized spacial score (nSPS) is 17.3. The Kier molecular flexibility index (Phi) is 6.20. The molecule has 174 valence electrons. The molecule has 3 aromatic carbocycles. The van der Waals surface area contributed by atoms with Gasteiger partial charge in [-0.1, -0.05) is 30.3 Å². The summed E-state index contributed by atoms with van der Waals surface area (Å²) >= 11 is 0. The highest BCUT2D eigenvalue weighted by Gasteiger charge is 2.47. The topological polar surface area (TPSA) is 66.8 Å². The lowest BCUT2D eigenvalue weighted by Crippen LogP contribution is -2.29. The van der Waals surface area contributed by atoms with Crippen molar-refractivity contribution < 1.29 is 28.2 Å². The lowest BCUT2D eigenvalue weighted by atomic mass is 9.92. The first-order valence-electron chi connectivity index (χ1n) is 10.7. The lowest BCUT2D eigenvalue weighted by Gasteiger charge is -2.26. The van der Waals surface area contributed by atoms with E-state index in [1.165, 1.54) is 54.5 Å². The second-order valence-electron chi connectivity index (χ2n) is 8.21. The zero-order chi connectivity index (χ0) is 24.6. The minimum absolute atomic E-state index is 0.0682. The van der Waals surface area contributed by atoms with E-state index in [9.17, 15) is 23.5 Å². The van der Waals surface area contributed by atoms with E-state index in [0.717, 1.165) is 5.56 Å². The third-order valence-electron chi connectivity index (χ3n) is 6.00. The predicted molar refractivity (Wildman–Crippen MR) is 123 cm³/mol. The monoisotopic (exact) mass is 463 g/mol. The average Bonchev–Trinajstić information content (AvgIpc) is 3.06. The van der Waals surface area contributed by atoms with Gasteiger partial charge in [0.15, 0.2) is 0 Å². The quantitative estimate of drug-likeness (QED) is 0.320. The van der Waals surface area contributed by atoms with Crippen molar-refractivity contribution in [3.63, 3.8) is 0 Å². The van der Waals surface area contributed by atoms with Crippen LogP contribution < -0.4 is 4.74 Å². The molecule has 1 fully saturated rings. The summed E-state index contributed by atoms with van der Waals surface area (Å²) in [5, 5.41) is 11.3.